The van der Waals surface area contributed by atoms with E-state index in [0.29, 0.717) is 30.8 Å². The van der Waals surface area contributed by atoms with E-state index in [1.165, 1.54) is 0 Å². The summed E-state index contributed by atoms with van der Waals surface area (Å²) >= 11 is 0. The third kappa shape index (κ3) is 9.32. The Morgan fingerprint density at radius 2 is 1.42 bits per heavy atom. The Kier molecular flexibility index (Phi) is 9.56. The predicted octanol–water partition coefficient (Wildman–Crippen LogP) is 5.90. The standard InChI is InChI=1S/C26H38N4O3/c1-25(2,32-7)17-19-33-26(3,4)16-18-27-24(31)20-8-10-21(11-9-20)28-29-22-12-14-23(15-13-22)30(5)6/h8-15H,16-19H2,1-7H3,(H,27,31). The molecule has 0 atom stereocenters. The van der Waals surface area contributed by atoms with Crippen LogP contribution in [0.1, 0.15) is 50.9 Å². The van der Waals surface area contributed by atoms with E-state index in [9.17, 15) is 4.79 Å². The molecule has 0 fully saturated rings. The molecule has 0 aliphatic heterocycles. The summed E-state index contributed by atoms with van der Waals surface area (Å²) in [6.07, 6.45) is 1.52. The lowest BCUT2D eigenvalue weighted by Gasteiger charge is -2.29. The quantitative estimate of drug-likeness (QED) is 0.405. The number of nitrogens with zero attached hydrogens (tertiary/aromatic N) is 3. The summed E-state index contributed by atoms with van der Waals surface area (Å²) in [6, 6.07) is 14.9. The van der Waals surface area contributed by atoms with E-state index < -0.39 is 0 Å². The molecule has 7 nitrogen and oxygen atoms in total. The molecular weight excluding hydrogens is 416 g/mol. The topological polar surface area (TPSA) is 75.5 Å². The van der Waals surface area contributed by atoms with E-state index in [2.05, 4.69) is 15.5 Å². The molecule has 1 amide bonds. The fourth-order valence-electron chi connectivity index (χ4n) is 2.94. The number of hydrogen-bond donors (Lipinski definition) is 1. The summed E-state index contributed by atoms with van der Waals surface area (Å²) < 4.78 is 11.4. The van der Waals surface area contributed by atoms with Crippen molar-refractivity contribution in [3.05, 3.63) is 54.1 Å². The van der Waals surface area contributed by atoms with Crippen molar-refractivity contribution in [1.29, 1.82) is 0 Å². The summed E-state index contributed by atoms with van der Waals surface area (Å²) in [6.45, 7) is 9.29. The first-order chi connectivity index (χ1) is 15.5. The Hall–Kier alpha value is -2.77. The third-order valence-electron chi connectivity index (χ3n) is 5.54. The van der Waals surface area contributed by atoms with Crippen molar-refractivity contribution in [3.63, 3.8) is 0 Å². The van der Waals surface area contributed by atoms with Crippen LogP contribution < -0.4 is 10.2 Å². The molecule has 0 aliphatic rings. The van der Waals surface area contributed by atoms with Crippen molar-refractivity contribution in [1.82, 2.24) is 5.32 Å². The molecule has 0 saturated heterocycles. The van der Waals surface area contributed by atoms with E-state index in [-0.39, 0.29) is 17.1 Å². The molecule has 0 aromatic heterocycles. The second-order valence-corrected chi connectivity index (χ2v) is 9.49. The maximum absolute atomic E-state index is 12.5. The first kappa shape index (κ1) is 26.5. The second-order valence-electron chi connectivity index (χ2n) is 9.49. The van der Waals surface area contributed by atoms with Gasteiger partial charge in [-0.2, -0.15) is 10.2 Å². The van der Waals surface area contributed by atoms with Crippen LogP contribution in [0.4, 0.5) is 17.1 Å². The van der Waals surface area contributed by atoms with Gasteiger partial charge in [-0.3, -0.25) is 4.79 Å². The van der Waals surface area contributed by atoms with Crippen LogP contribution in [-0.4, -0.2) is 51.5 Å². The molecule has 0 unspecified atom stereocenters. The van der Waals surface area contributed by atoms with E-state index in [1.807, 2.05) is 71.0 Å². The number of amides is 1. The summed E-state index contributed by atoms with van der Waals surface area (Å²) in [5, 5.41) is 11.5. The molecule has 7 heteroatoms. The lowest BCUT2D eigenvalue weighted by Crippen LogP contribution is -2.34. The number of anilines is 1. The van der Waals surface area contributed by atoms with Gasteiger partial charge in [-0.25, -0.2) is 0 Å². The van der Waals surface area contributed by atoms with Gasteiger partial charge in [-0.1, -0.05) is 0 Å². The predicted molar refractivity (Wildman–Crippen MR) is 134 cm³/mol. The fourth-order valence-corrected chi connectivity index (χ4v) is 2.94. The maximum atomic E-state index is 12.5. The Morgan fingerprint density at radius 3 is 1.94 bits per heavy atom. The highest BCUT2D eigenvalue weighted by Crippen LogP contribution is 2.22. The second kappa shape index (κ2) is 11.9. The minimum Gasteiger partial charge on any atom is -0.379 e. The lowest BCUT2D eigenvalue weighted by atomic mass is 10.0. The maximum Gasteiger partial charge on any atom is 0.251 e. The van der Waals surface area contributed by atoms with Crippen LogP contribution in [0.25, 0.3) is 0 Å². The molecular formula is C26H38N4O3. The molecule has 0 heterocycles. The smallest absolute Gasteiger partial charge is 0.251 e. The van der Waals surface area contributed by atoms with Crippen LogP contribution in [0, 0.1) is 0 Å². The molecule has 0 radical (unpaired) electrons. The van der Waals surface area contributed by atoms with Gasteiger partial charge in [0.05, 0.1) is 29.2 Å². The van der Waals surface area contributed by atoms with Crippen molar-refractivity contribution in [2.45, 2.75) is 51.7 Å². The highest BCUT2D eigenvalue weighted by molar-refractivity contribution is 5.94. The molecule has 2 aromatic rings. The highest BCUT2D eigenvalue weighted by atomic mass is 16.5. The number of nitrogens with one attached hydrogen (secondary N) is 1. The zero-order valence-electron chi connectivity index (χ0n) is 21.0. The van der Waals surface area contributed by atoms with Gasteiger partial charge < -0.3 is 19.7 Å². The van der Waals surface area contributed by atoms with Crippen molar-refractivity contribution in [2.24, 2.45) is 10.2 Å². The number of azo groups is 1. The van der Waals surface area contributed by atoms with Gasteiger partial charge in [-0.05, 0) is 89.1 Å². The van der Waals surface area contributed by atoms with Crippen molar-refractivity contribution < 1.29 is 14.3 Å². The van der Waals surface area contributed by atoms with Gasteiger partial charge in [0.15, 0.2) is 0 Å². The first-order valence-corrected chi connectivity index (χ1v) is 11.3. The molecule has 0 aliphatic carbocycles. The summed E-state index contributed by atoms with van der Waals surface area (Å²) in [7, 11) is 5.70. The van der Waals surface area contributed by atoms with E-state index in [4.69, 9.17) is 9.47 Å². The van der Waals surface area contributed by atoms with E-state index in [0.717, 1.165) is 17.8 Å². The van der Waals surface area contributed by atoms with Crippen molar-refractivity contribution in [2.75, 3.05) is 39.3 Å². The molecule has 33 heavy (non-hydrogen) atoms. The number of hydrogen-bond acceptors (Lipinski definition) is 6. The Bertz CT molecular complexity index is 904. The zero-order chi connectivity index (χ0) is 24.5. The van der Waals surface area contributed by atoms with Crippen LogP contribution in [0.3, 0.4) is 0 Å². The van der Waals surface area contributed by atoms with Gasteiger partial charge in [-0.15, -0.1) is 0 Å². The number of rotatable bonds is 12. The molecule has 0 saturated carbocycles. The number of carbonyl (C=O) groups excluding carboxylic acids is 1. The molecule has 0 bridgehead atoms. The molecule has 180 valence electrons. The van der Waals surface area contributed by atoms with Crippen LogP contribution >= 0.6 is 0 Å². The monoisotopic (exact) mass is 454 g/mol. The van der Waals surface area contributed by atoms with Crippen LogP contribution in [0.15, 0.2) is 58.8 Å². The summed E-state index contributed by atoms with van der Waals surface area (Å²) in [4.78, 5) is 14.5. The highest BCUT2D eigenvalue weighted by Gasteiger charge is 2.22. The van der Waals surface area contributed by atoms with Gasteiger partial charge in [0.1, 0.15) is 0 Å². The fraction of sp³-hybridized carbons (Fsp3) is 0.500. The average Bonchev–Trinajstić information content (AvgIpc) is 2.77. The van der Waals surface area contributed by atoms with Gasteiger partial charge in [0.2, 0.25) is 0 Å². The van der Waals surface area contributed by atoms with Crippen LogP contribution in [0.5, 0.6) is 0 Å². The summed E-state index contributed by atoms with van der Waals surface area (Å²) in [5.74, 6) is -0.117. The Balaban J connectivity index is 1.80. The molecule has 2 rings (SSSR count). The van der Waals surface area contributed by atoms with Crippen molar-refractivity contribution in [3.8, 4) is 0 Å². The third-order valence-corrected chi connectivity index (χ3v) is 5.54. The molecule has 0 spiro atoms. The SMILES string of the molecule is COC(C)(C)CCOC(C)(C)CCNC(=O)c1ccc(N=Nc2ccc(N(C)C)cc2)cc1. The Labute approximate surface area is 198 Å². The molecule has 1 N–H and O–H groups in total. The number of carbonyl (C=O) groups is 1. The van der Waals surface area contributed by atoms with Crippen LogP contribution in [-0.2, 0) is 9.47 Å². The lowest BCUT2D eigenvalue weighted by molar-refractivity contribution is -0.0605. The zero-order valence-corrected chi connectivity index (χ0v) is 21.0. The normalized spacial score (nSPS) is 12.2. The van der Waals surface area contributed by atoms with Gasteiger partial charge in [0.25, 0.3) is 5.91 Å². The number of ether oxygens (including phenoxy) is 2. The first-order valence-electron chi connectivity index (χ1n) is 11.3. The minimum absolute atomic E-state index is 0.117. The van der Waals surface area contributed by atoms with Crippen LogP contribution in [0.2, 0.25) is 0 Å². The Morgan fingerprint density at radius 1 is 0.879 bits per heavy atom. The number of methoxy groups -OCH3 is 1. The summed E-state index contributed by atoms with van der Waals surface area (Å²) in [5.41, 5.74) is 2.63. The molecule has 2 aromatic carbocycles. The van der Waals surface area contributed by atoms with Crippen molar-refractivity contribution >= 4 is 23.0 Å². The van der Waals surface area contributed by atoms with E-state index in [1.54, 1.807) is 31.4 Å². The number of benzene rings is 2. The minimum atomic E-state index is -0.327. The van der Waals surface area contributed by atoms with Gasteiger partial charge in [0, 0.05) is 39.0 Å². The average molecular weight is 455 g/mol. The largest absolute Gasteiger partial charge is 0.379 e. The van der Waals surface area contributed by atoms with Gasteiger partial charge >= 0.3 is 0 Å². The van der Waals surface area contributed by atoms with E-state index >= 15 is 0 Å².